The van der Waals surface area contributed by atoms with Crippen molar-refractivity contribution in [2.75, 3.05) is 20.7 Å². The summed E-state index contributed by atoms with van der Waals surface area (Å²) in [6, 6.07) is 9.06. The second kappa shape index (κ2) is 5.76. The Morgan fingerprint density at radius 1 is 1.50 bits per heavy atom. The van der Waals surface area contributed by atoms with E-state index in [2.05, 4.69) is 0 Å². The molecule has 0 unspecified atom stereocenters. The van der Waals surface area contributed by atoms with E-state index < -0.39 is 0 Å². The zero-order valence-corrected chi connectivity index (χ0v) is 9.43. The molecular weight excluding hydrogens is 204 g/mol. The maximum absolute atomic E-state index is 12.0. The van der Waals surface area contributed by atoms with E-state index in [4.69, 9.17) is 10.00 Å². The zero-order valence-electron chi connectivity index (χ0n) is 9.43. The van der Waals surface area contributed by atoms with Gasteiger partial charge in [-0.3, -0.25) is 4.79 Å². The summed E-state index contributed by atoms with van der Waals surface area (Å²) in [5.41, 5.74) is 0.519. The van der Waals surface area contributed by atoms with Crippen molar-refractivity contribution in [2.45, 2.75) is 6.42 Å². The molecule has 1 aromatic rings. The van der Waals surface area contributed by atoms with Gasteiger partial charge in [-0.25, -0.2) is 0 Å². The van der Waals surface area contributed by atoms with Crippen LogP contribution in [0.4, 0.5) is 0 Å². The molecule has 1 amide bonds. The van der Waals surface area contributed by atoms with E-state index in [9.17, 15) is 4.79 Å². The van der Waals surface area contributed by atoms with Crippen LogP contribution in [0.25, 0.3) is 0 Å². The number of methoxy groups -OCH3 is 1. The summed E-state index contributed by atoms with van der Waals surface area (Å²) in [4.78, 5) is 13.5. The quantitative estimate of drug-likeness (QED) is 0.772. The van der Waals surface area contributed by atoms with Crippen LogP contribution in [0.2, 0.25) is 0 Å². The third-order valence-electron chi connectivity index (χ3n) is 2.24. The van der Waals surface area contributed by atoms with Crippen molar-refractivity contribution in [2.24, 2.45) is 0 Å². The SMILES string of the molecule is COc1ccccc1C(=O)N(C)CCC#N. The van der Waals surface area contributed by atoms with Crippen molar-refractivity contribution >= 4 is 5.91 Å². The summed E-state index contributed by atoms with van der Waals surface area (Å²) in [5, 5.41) is 8.46. The Balaban J connectivity index is 2.83. The van der Waals surface area contributed by atoms with Crippen LogP contribution < -0.4 is 4.74 Å². The molecule has 84 valence electrons. The zero-order chi connectivity index (χ0) is 12.0. The average Bonchev–Trinajstić information content (AvgIpc) is 2.34. The molecule has 0 bridgehead atoms. The van der Waals surface area contributed by atoms with Crippen LogP contribution >= 0.6 is 0 Å². The predicted octanol–water partition coefficient (Wildman–Crippen LogP) is 1.68. The number of benzene rings is 1. The van der Waals surface area contributed by atoms with Crippen molar-refractivity contribution in [3.8, 4) is 11.8 Å². The van der Waals surface area contributed by atoms with Crippen LogP contribution in [-0.2, 0) is 0 Å². The van der Waals surface area contributed by atoms with Gasteiger partial charge < -0.3 is 9.64 Å². The molecule has 0 fully saturated rings. The van der Waals surface area contributed by atoms with E-state index in [-0.39, 0.29) is 5.91 Å². The van der Waals surface area contributed by atoms with Gasteiger partial charge in [-0.1, -0.05) is 12.1 Å². The fraction of sp³-hybridized carbons (Fsp3) is 0.333. The molecular formula is C12H14N2O2. The van der Waals surface area contributed by atoms with Crippen LogP contribution in [0.15, 0.2) is 24.3 Å². The average molecular weight is 218 g/mol. The molecule has 0 heterocycles. The minimum absolute atomic E-state index is 0.132. The molecule has 0 N–H and O–H groups in total. The van der Waals surface area contributed by atoms with Gasteiger partial charge in [0.25, 0.3) is 5.91 Å². The predicted molar refractivity (Wildman–Crippen MR) is 60.2 cm³/mol. The Hall–Kier alpha value is -2.02. The molecule has 16 heavy (non-hydrogen) atoms. The number of para-hydroxylation sites is 1. The lowest BCUT2D eigenvalue weighted by Crippen LogP contribution is -2.27. The highest BCUT2D eigenvalue weighted by Gasteiger charge is 2.15. The Labute approximate surface area is 95.0 Å². The summed E-state index contributed by atoms with van der Waals surface area (Å²) in [7, 11) is 3.20. The molecule has 1 aromatic carbocycles. The van der Waals surface area contributed by atoms with Crippen LogP contribution in [0.1, 0.15) is 16.8 Å². The van der Waals surface area contributed by atoms with Gasteiger partial charge in [0, 0.05) is 13.6 Å². The maximum atomic E-state index is 12.0. The fourth-order valence-corrected chi connectivity index (χ4v) is 1.35. The number of rotatable bonds is 4. The molecule has 0 atom stereocenters. The largest absolute Gasteiger partial charge is 0.496 e. The molecule has 0 spiro atoms. The van der Waals surface area contributed by atoms with E-state index in [1.807, 2.05) is 12.1 Å². The minimum atomic E-state index is -0.132. The van der Waals surface area contributed by atoms with E-state index >= 15 is 0 Å². The van der Waals surface area contributed by atoms with Gasteiger partial charge in [0.2, 0.25) is 0 Å². The Morgan fingerprint density at radius 3 is 2.81 bits per heavy atom. The molecule has 0 aliphatic rings. The summed E-state index contributed by atoms with van der Waals surface area (Å²) in [5.74, 6) is 0.420. The highest BCUT2D eigenvalue weighted by molar-refractivity contribution is 5.96. The maximum Gasteiger partial charge on any atom is 0.257 e. The number of carbonyl (C=O) groups is 1. The van der Waals surface area contributed by atoms with Gasteiger partial charge in [-0.05, 0) is 12.1 Å². The van der Waals surface area contributed by atoms with E-state index in [0.29, 0.717) is 24.3 Å². The molecule has 0 radical (unpaired) electrons. The monoisotopic (exact) mass is 218 g/mol. The first kappa shape index (κ1) is 12.1. The molecule has 0 aliphatic carbocycles. The lowest BCUT2D eigenvalue weighted by Gasteiger charge is -2.16. The van der Waals surface area contributed by atoms with Crippen molar-refractivity contribution in [1.82, 2.24) is 4.90 Å². The Bertz CT molecular complexity index is 410. The fourth-order valence-electron chi connectivity index (χ4n) is 1.35. The molecule has 0 aromatic heterocycles. The smallest absolute Gasteiger partial charge is 0.257 e. The highest BCUT2D eigenvalue weighted by atomic mass is 16.5. The van der Waals surface area contributed by atoms with Crippen molar-refractivity contribution in [3.63, 3.8) is 0 Å². The van der Waals surface area contributed by atoms with E-state index in [1.165, 1.54) is 12.0 Å². The summed E-state index contributed by atoms with van der Waals surface area (Å²) in [6.07, 6.45) is 0.331. The molecule has 4 nitrogen and oxygen atoms in total. The molecule has 0 saturated heterocycles. The van der Waals surface area contributed by atoms with Gasteiger partial charge in [-0.15, -0.1) is 0 Å². The van der Waals surface area contributed by atoms with Gasteiger partial charge in [0.05, 0.1) is 25.2 Å². The molecule has 0 aliphatic heterocycles. The van der Waals surface area contributed by atoms with Crippen LogP contribution in [0, 0.1) is 11.3 Å². The summed E-state index contributed by atoms with van der Waals surface area (Å²) < 4.78 is 5.11. The lowest BCUT2D eigenvalue weighted by molar-refractivity contribution is 0.0794. The molecule has 1 rings (SSSR count). The number of carbonyl (C=O) groups excluding carboxylic acids is 1. The Morgan fingerprint density at radius 2 is 2.19 bits per heavy atom. The lowest BCUT2D eigenvalue weighted by atomic mass is 10.1. The number of nitrogens with zero attached hydrogens (tertiary/aromatic N) is 2. The van der Waals surface area contributed by atoms with Crippen LogP contribution in [-0.4, -0.2) is 31.5 Å². The first-order valence-electron chi connectivity index (χ1n) is 4.96. The molecule has 4 heteroatoms. The summed E-state index contributed by atoms with van der Waals surface area (Å²) in [6.45, 7) is 0.424. The normalized spacial score (nSPS) is 9.31. The summed E-state index contributed by atoms with van der Waals surface area (Å²) >= 11 is 0. The first-order valence-corrected chi connectivity index (χ1v) is 4.96. The van der Waals surface area contributed by atoms with Gasteiger partial charge in [0.1, 0.15) is 5.75 Å². The van der Waals surface area contributed by atoms with Crippen LogP contribution in [0.3, 0.4) is 0 Å². The second-order valence-electron chi connectivity index (χ2n) is 3.34. The minimum Gasteiger partial charge on any atom is -0.496 e. The van der Waals surface area contributed by atoms with Gasteiger partial charge in [0.15, 0.2) is 0 Å². The molecule has 0 saturated carbocycles. The van der Waals surface area contributed by atoms with E-state index in [0.717, 1.165) is 0 Å². The van der Waals surface area contributed by atoms with Gasteiger partial charge in [-0.2, -0.15) is 5.26 Å². The number of hydrogen-bond acceptors (Lipinski definition) is 3. The number of nitriles is 1. The third kappa shape index (κ3) is 2.74. The number of amides is 1. The van der Waals surface area contributed by atoms with Crippen LogP contribution in [0.5, 0.6) is 5.75 Å². The standard InChI is InChI=1S/C12H14N2O2/c1-14(9-5-8-13)12(15)10-6-3-4-7-11(10)16-2/h3-4,6-7H,5,9H2,1-2H3. The first-order chi connectivity index (χ1) is 7.70. The topological polar surface area (TPSA) is 53.3 Å². The van der Waals surface area contributed by atoms with Crippen molar-refractivity contribution in [1.29, 1.82) is 5.26 Å². The highest BCUT2D eigenvalue weighted by Crippen LogP contribution is 2.18. The van der Waals surface area contributed by atoms with Gasteiger partial charge >= 0.3 is 0 Å². The third-order valence-corrected chi connectivity index (χ3v) is 2.24. The van der Waals surface area contributed by atoms with Crippen molar-refractivity contribution in [3.05, 3.63) is 29.8 Å². The number of hydrogen-bond donors (Lipinski definition) is 0. The second-order valence-corrected chi connectivity index (χ2v) is 3.34. The van der Waals surface area contributed by atoms with E-state index in [1.54, 1.807) is 25.2 Å². The Kier molecular flexibility index (Phi) is 4.34. The number of ether oxygens (including phenoxy) is 1. The van der Waals surface area contributed by atoms with Crippen molar-refractivity contribution < 1.29 is 9.53 Å².